The van der Waals surface area contributed by atoms with Crippen LogP contribution in [0.4, 0.5) is 5.69 Å². The molecule has 2 nitrogen and oxygen atoms in total. The zero-order valence-corrected chi connectivity index (χ0v) is 11.5. The normalized spacial score (nSPS) is 12.2. The smallest absolute Gasteiger partial charge is 0.0531 e. The fourth-order valence-corrected chi connectivity index (χ4v) is 2.19. The van der Waals surface area contributed by atoms with E-state index in [-0.39, 0.29) is 6.04 Å². The van der Waals surface area contributed by atoms with Crippen LogP contribution in [0, 0.1) is 20.8 Å². The second kappa shape index (κ2) is 5.21. The Balaban J connectivity index is 2.16. The average Bonchev–Trinajstić information content (AvgIpc) is 2.32. The summed E-state index contributed by atoms with van der Waals surface area (Å²) in [5.74, 6) is 0. The highest BCUT2D eigenvalue weighted by atomic mass is 14.9. The Hall–Kier alpha value is -1.83. The first kappa shape index (κ1) is 12.6. The Labute approximate surface area is 109 Å². The Morgan fingerprint density at radius 1 is 1.06 bits per heavy atom. The van der Waals surface area contributed by atoms with Crippen molar-refractivity contribution in [3.63, 3.8) is 0 Å². The second-order valence-electron chi connectivity index (χ2n) is 4.91. The Kier molecular flexibility index (Phi) is 3.66. The van der Waals surface area contributed by atoms with E-state index in [2.05, 4.69) is 55.3 Å². The molecule has 0 fully saturated rings. The van der Waals surface area contributed by atoms with Crippen LogP contribution in [0.15, 0.2) is 36.5 Å². The van der Waals surface area contributed by atoms with E-state index in [1.807, 2.05) is 19.2 Å². The zero-order valence-electron chi connectivity index (χ0n) is 11.5. The number of hydrogen-bond donors (Lipinski definition) is 1. The van der Waals surface area contributed by atoms with Crippen LogP contribution in [0.5, 0.6) is 0 Å². The third kappa shape index (κ3) is 2.89. The van der Waals surface area contributed by atoms with Crippen LogP contribution >= 0.6 is 0 Å². The van der Waals surface area contributed by atoms with Crippen molar-refractivity contribution in [2.24, 2.45) is 0 Å². The number of nitrogens with zero attached hydrogens (tertiary/aromatic N) is 1. The molecule has 1 N–H and O–H groups in total. The zero-order chi connectivity index (χ0) is 13.1. The summed E-state index contributed by atoms with van der Waals surface area (Å²) in [6.07, 6.45) is 1.88. The molecule has 0 aliphatic heterocycles. The van der Waals surface area contributed by atoms with Gasteiger partial charge in [0.25, 0.3) is 0 Å². The highest BCUT2D eigenvalue weighted by Crippen LogP contribution is 2.22. The summed E-state index contributed by atoms with van der Waals surface area (Å²) in [6.45, 7) is 8.46. The van der Waals surface area contributed by atoms with Gasteiger partial charge in [0.2, 0.25) is 0 Å². The molecule has 1 heterocycles. The summed E-state index contributed by atoms with van der Waals surface area (Å²) in [6, 6.07) is 11.0. The van der Waals surface area contributed by atoms with Gasteiger partial charge < -0.3 is 5.32 Å². The van der Waals surface area contributed by atoms with Crippen molar-refractivity contribution in [2.75, 3.05) is 5.32 Å². The number of hydrogen-bond acceptors (Lipinski definition) is 2. The fourth-order valence-electron chi connectivity index (χ4n) is 2.19. The molecule has 1 aromatic carbocycles. The van der Waals surface area contributed by atoms with Crippen molar-refractivity contribution >= 4 is 5.69 Å². The lowest BCUT2D eigenvalue weighted by molar-refractivity contribution is 0.871. The Morgan fingerprint density at radius 3 is 2.44 bits per heavy atom. The van der Waals surface area contributed by atoms with E-state index in [9.17, 15) is 0 Å². The standard InChI is InChI=1S/C16H20N2/c1-11-5-8-16(12(2)9-11)14(4)18-15-7-6-13(3)17-10-15/h5-10,14,18H,1-4H3. The molecule has 0 aliphatic carbocycles. The first-order valence-electron chi connectivity index (χ1n) is 6.32. The SMILES string of the molecule is Cc1ccc(C(C)Nc2ccc(C)nc2)c(C)c1. The fraction of sp³-hybridized carbons (Fsp3) is 0.312. The molecule has 2 aromatic rings. The van der Waals surface area contributed by atoms with Crippen molar-refractivity contribution in [1.82, 2.24) is 4.98 Å². The quantitative estimate of drug-likeness (QED) is 0.870. The molecule has 0 amide bonds. The Bertz CT molecular complexity index is 529. The largest absolute Gasteiger partial charge is 0.377 e. The molecule has 2 heteroatoms. The summed E-state index contributed by atoms with van der Waals surface area (Å²) < 4.78 is 0. The molecule has 0 saturated heterocycles. The lowest BCUT2D eigenvalue weighted by Crippen LogP contribution is -2.08. The van der Waals surface area contributed by atoms with Crippen LogP contribution < -0.4 is 5.32 Å². The number of nitrogens with one attached hydrogen (secondary N) is 1. The molecule has 0 saturated carbocycles. The van der Waals surface area contributed by atoms with Gasteiger partial charge in [-0.15, -0.1) is 0 Å². The summed E-state index contributed by atoms with van der Waals surface area (Å²) in [7, 11) is 0. The van der Waals surface area contributed by atoms with Gasteiger partial charge in [0.15, 0.2) is 0 Å². The third-order valence-corrected chi connectivity index (χ3v) is 3.19. The summed E-state index contributed by atoms with van der Waals surface area (Å²) in [5.41, 5.74) is 6.07. The molecule has 18 heavy (non-hydrogen) atoms. The summed E-state index contributed by atoms with van der Waals surface area (Å²) in [4.78, 5) is 4.30. The van der Waals surface area contributed by atoms with Gasteiger partial charge in [0.05, 0.1) is 11.9 Å². The van der Waals surface area contributed by atoms with E-state index >= 15 is 0 Å². The van der Waals surface area contributed by atoms with Gasteiger partial charge in [-0.05, 0) is 51.0 Å². The number of rotatable bonds is 3. The second-order valence-corrected chi connectivity index (χ2v) is 4.91. The number of benzene rings is 1. The molecule has 1 atom stereocenters. The highest BCUT2D eigenvalue weighted by molar-refractivity contribution is 5.45. The Morgan fingerprint density at radius 2 is 1.83 bits per heavy atom. The van der Waals surface area contributed by atoms with E-state index in [0.717, 1.165) is 11.4 Å². The molecule has 1 aromatic heterocycles. The van der Waals surface area contributed by atoms with Crippen LogP contribution in [0.1, 0.15) is 35.3 Å². The van der Waals surface area contributed by atoms with E-state index in [0.29, 0.717) is 0 Å². The molecule has 94 valence electrons. The number of aryl methyl sites for hydroxylation is 3. The minimum Gasteiger partial charge on any atom is -0.377 e. The molecular formula is C16H20N2. The van der Waals surface area contributed by atoms with Gasteiger partial charge >= 0.3 is 0 Å². The molecule has 0 radical (unpaired) electrons. The number of pyridine rings is 1. The van der Waals surface area contributed by atoms with E-state index in [1.54, 1.807) is 0 Å². The molecule has 2 rings (SSSR count). The summed E-state index contributed by atoms with van der Waals surface area (Å²) in [5, 5.41) is 3.48. The monoisotopic (exact) mass is 240 g/mol. The van der Waals surface area contributed by atoms with Crippen LogP contribution in [-0.2, 0) is 0 Å². The predicted molar refractivity (Wildman–Crippen MR) is 76.9 cm³/mol. The molecular weight excluding hydrogens is 220 g/mol. The van der Waals surface area contributed by atoms with Gasteiger partial charge in [-0.1, -0.05) is 23.8 Å². The minimum atomic E-state index is 0.287. The van der Waals surface area contributed by atoms with Crippen LogP contribution in [0.2, 0.25) is 0 Å². The van der Waals surface area contributed by atoms with Crippen molar-refractivity contribution in [1.29, 1.82) is 0 Å². The third-order valence-electron chi connectivity index (χ3n) is 3.19. The highest BCUT2D eigenvalue weighted by Gasteiger charge is 2.08. The number of aromatic nitrogens is 1. The van der Waals surface area contributed by atoms with Gasteiger partial charge in [0, 0.05) is 11.7 Å². The van der Waals surface area contributed by atoms with Gasteiger partial charge in [0.1, 0.15) is 0 Å². The molecule has 0 spiro atoms. The van der Waals surface area contributed by atoms with Crippen molar-refractivity contribution in [2.45, 2.75) is 33.7 Å². The lowest BCUT2D eigenvalue weighted by atomic mass is 10.0. The van der Waals surface area contributed by atoms with Gasteiger partial charge in [-0.25, -0.2) is 0 Å². The van der Waals surface area contributed by atoms with Crippen LogP contribution in [-0.4, -0.2) is 4.98 Å². The van der Waals surface area contributed by atoms with E-state index < -0.39 is 0 Å². The van der Waals surface area contributed by atoms with Gasteiger partial charge in [-0.3, -0.25) is 4.98 Å². The first-order chi connectivity index (χ1) is 8.56. The maximum Gasteiger partial charge on any atom is 0.0531 e. The molecule has 0 aliphatic rings. The van der Waals surface area contributed by atoms with Gasteiger partial charge in [-0.2, -0.15) is 0 Å². The van der Waals surface area contributed by atoms with E-state index in [4.69, 9.17) is 0 Å². The molecule has 1 unspecified atom stereocenters. The van der Waals surface area contributed by atoms with Crippen molar-refractivity contribution in [3.05, 3.63) is 58.9 Å². The maximum absolute atomic E-state index is 4.30. The van der Waals surface area contributed by atoms with Crippen molar-refractivity contribution < 1.29 is 0 Å². The van der Waals surface area contributed by atoms with Crippen LogP contribution in [0.3, 0.4) is 0 Å². The average molecular weight is 240 g/mol. The summed E-state index contributed by atoms with van der Waals surface area (Å²) >= 11 is 0. The maximum atomic E-state index is 4.30. The molecule has 0 bridgehead atoms. The van der Waals surface area contributed by atoms with Crippen LogP contribution in [0.25, 0.3) is 0 Å². The van der Waals surface area contributed by atoms with Crippen molar-refractivity contribution in [3.8, 4) is 0 Å². The topological polar surface area (TPSA) is 24.9 Å². The number of anilines is 1. The minimum absolute atomic E-state index is 0.287. The first-order valence-corrected chi connectivity index (χ1v) is 6.32. The van der Waals surface area contributed by atoms with E-state index in [1.165, 1.54) is 16.7 Å². The predicted octanol–water partition coefficient (Wildman–Crippen LogP) is 4.18. The lowest BCUT2D eigenvalue weighted by Gasteiger charge is -2.18.